The molecule has 0 spiro atoms. The van der Waals surface area contributed by atoms with E-state index in [0.29, 0.717) is 0 Å². The van der Waals surface area contributed by atoms with Gasteiger partial charge in [-0.05, 0) is 0 Å². The Balaban J connectivity index is -0.0000000450. The summed E-state index contributed by atoms with van der Waals surface area (Å²) in [6.45, 7) is 4.18. The Morgan fingerprint density at radius 1 is 1.50 bits per heavy atom. The van der Waals surface area contributed by atoms with Gasteiger partial charge in [-0.25, -0.2) is 0 Å². The number of hydrogen-bond acceptors (Lipinski definition) is 0. The summed E-state index contributed by atoms with van der Waals surface area (Å²) in [7, 11) is 0. The van der Waals surface area contributed by atoms with Crippen molar-refractivity contribution < 1.29 is 51.4 Å². The summed E-state index contributed by atoms with van der Waals surface area (Å²) < 4.78 is 0. The van der Waals surface area contributed by atoms with E-state index in [2.05, 4.69) is 20.3 Å². The largest absolute Gasteiger partial charge is 1.00 e. The third kappa shape index (κ3) is 17.3. The normalized spacial score (nSPS) is 5.00. The maximum atomic E-state index is 2.12. The van der Waals surface area contributed by atoms with Gasteiger partial charge in [0.15, 0.2) is 0 Å². The van der Waals surface area contributed by atoms with Crippen molar-refractivity contribution in [1.29, 1.82) is 0 Å². The van der Waals surface area contributed by atoms with E-state index >= 15 is 0 Å². The van der Waals surface area contributed by atoms with Crippen molar-refractivity contribution in [2.45, 2.75) is 20.3 Å². The van der Waals surface area contributed by atoms with Crippen molar-refractivity contribution in [2.75, 3.05) is 0 Å². The molecular formula is C4H9BK. The molecule has 0 saturated heterocycles. The second-order valence-electron chi connectivity index (χ2n) is 0.816. The Kier molecular flexibility index (Phi) is 41.5. The van der Waals surface area contributed by atoms with Crippen molar-refractivity contribution >= 4 is 8.41 Å². The van der Waals surface area contributed by atoms with Gasteiger partial charge >= 0.3 is 51.4 Å². The van der Waals surface area contributed by atoms with E-state index in [1.54, 1.807) is 0 Å². The maximum absolute atomic E-state index is 2.12. The van der Waals surface area contributed by atoms with Gasteiger partial charge < -0.3 is 6.42 Å². The first-order valence-electron chi connectivity index (χ1n) is 1.69. The molecule has 0 bridgehead atoms. The topological polar surface area (TPSA) is 0 Å². The molecule has 0 aliphatic rings. The molecule has 0 aromatic carbocycles. The molecule has 0 aromatic rings. The first-order valence-corrected chi connectivity index (χ1v) is 1.69. The average molecular weight is 107 g/mol. The Bertz CT molecular complexity index is 9.51. The third-order valence-electron chi connectivity index (χ3n) is 0.408. The van der Waals surface area contributed by atoms with Gasteiger partial charge in [0.25, 0.3) is 0 Å². The van der Waals surface area contributed by atoms with Gasteiger partial charge in [0, 0.05) is 8.41 Å². The van der Waals surface area contributed by atoms with Gasteiger partial charge in [-0.1, -0.05) is 6.92 Å². The molecule has 0 heterocycles. The summed E-state index contributed by atoms with van der Waals surface area (Å²) in [6.07, 6.45) is 3.32. The van der Waals surface area contributed by atoms with Gasteiger partial charge in [-0.2, -0.15) is 13.3 Å². The quantitative estimate of drug-likeness (QED) is 0.275. The van der Waals surface area contributed by atoms with E-state index < -0.39 is 0 Å². The van der Waals surface area contributed by atoms with Crippen LogP contribution in [0.15, 0.2) is 0 Å². The van der Waals surface area contributed by atoms with Gasteiger partial charge in [0.2, 0.25) is 0 Å². The minimum absolute atomic E-state index is 0. The van der Waals surface area contributed by atoms with E-state index in [9.17, 15) is 0 Å². The smallest absolute Gasteiger partial charge is 0.332 e. The number of unbranched alkanes of at least 4 members (excludes halogenated alkanes) is 1. The second-order valence-corrected chi connectivity index (χ2v) is 0.816. The maximum Gasteiger partial charge on any atom is 1.00 e. The van der Waals surface area contributed by atoms with Crippen LogP contribution in [-0.4, -0.2) is 8.41 Å². The molecule has 29 valence electrons. The van der Waals surface area contributed by atoms with Gasteiger partial charge in [0.1, 0.15) is 0 Å². The van der Waals surface area contributed by atoms with Crippen LogP contribution in [0.3, 0.4) is 0 Å². The summed E-state index contributed by atoms with van der Waals surface area (Å²) in [4.78, 5) is 0. The first-order chi connectivity index (χ1) is 1.91. The predicted molar refractivity (Wildman–Crippen MR) is 26.0 cm³/mol. The zero-order chi connectivity index (χ0) is 3.41. The molecule has 0 unspecified atom stereocenters. The van der Waals surface area contributed by atoms with E-state index in [1.165, 1.54) is 6.42 Å². The standard InChI is InChI=1S/C4H9.B.K/c1-3-4-2;;/h3H,4H2,1-2H3;;/q-1;;+1. The van der Waals surface area contributed by atoms with Crippen LogP contribution >= 0.6 is 0 Å². The van der Waals surface area contributed by atoms with Gasteiger partial charge in [0.05, 0.1) is 0 Å². The van der Waals surface area contributed by atoms with Crippen LogP contribution in [0, 0.1) is 6.42 Å². The van der Waals surface area contributed by atoms with Crippen LogP contribution in [-0.2, 0) is 0 Å². The molecule has 0 rings (SSSR count). The van der Waals surface area contributed by atoms with E-state index in [1.807, 2.05) is 0 Å². The molecule has 0 fully saturated rings. The van der Waals surface area contributed by atoms with Crippen LogP contribution in [0.2, 0.25) is 0 Å². The van der Waals surface area contributed by atoms with Crippen molar-refractivity contribution in [2.24, 2.45) is 0 Å². The van der Waals surface area contributed by atoms with Gasteiger partial charge in [-0.15, -0.1) is 0 Å². The van der Waals surface area contributed by atoms with Gasteiger partial charge in [-0.3, -0.25) is 0 Å². The SMILES string of the molecule is C[CH-]CC.[B].[K+]. The van der Waals surface area contributed by atoms with E-state index in [0.717, 1.165) is 0 Å². The monoisotopic (exact) mass is 107 g/mol. The van der Waals surface area contributed by atoms with E-state index in [4.69, 9.17) is 0 Å². The molecule has 0 nitrogen and oxygen atoms in total. The Morgan fingerprint density at radius 2 is 1.67 bits per heavy atom. The van der Waals surface area contributed by atoms with Crippen LogP contribution in [0.5, 0.6) is 0 Å². The fourth-order valence-electron chi connectivity index (χ4n) is 0. The zero-order valence-corrected chi connectivity index (χ0v) is 7.98. The Morgan fingerprint density at radius 3 is 1.67 bits per heavy atom. The second kappa shape index (κ2) is 15.9. The zero-order valence-electron chi connectivity index (χ0n) is 4.86. The molecule has 0 amide bonds. The summed E-state index contributed by atoms with van der Waals surface area (Å²) in [6, 6.07) is 0. The molecule has 0 saturated carbocycles. The summed E-state index contributed by atoms with van der Waals surface area (Å²) in [5.41, 5.74) is 0. The number of hydrogen-bond donors (Lipinski definition) is 0. The Hall–Kier alpha value is 1.70. The van der Waals surface area contributed by atoms with Crippen molar-refractivity contribution in [3.8, 4) is 0 Å². The molecule has 0 aromatic heterocycles. The molecule has 6 heavy (non-hydrogen) atoms. The average Bonchev–Trinajstić information content (AvgIpc) is 1.37. The predicted octanol–water partition coefficient (Wildman–Crippen LogP) is -1.76. The van der Waals surface area contributed by atoms with Crippen molar-refractivity contribution in [1.82, 2.24) is 0 Å². The summed E-state index contributed by atoms with van der Waals surface area (Å²) >= 11 is 0. The van der Waals surface area contributed by atoms with E-state index in [-0.39, 0.29) is 59.8 Å². The molecule has 0 N–H and O–H groups in total. The minimum Gasteiger partial charge on any atom is -0.332 e. The van der Waals surface area contributed by atoms with Crippen molar-refractivity contribution in [3.05, 3.63) is 6.42 Å². The van der Waals surface area contributed by atoms with Crippen LogP contribution in [0.1, 0.15) is 20.3 Å². The fourth-order valence-corrected chi connectivity index (χ4v) is 0. The summed E-state index contributed by atoms with van der Waals surface area (Å²) in [5, 5.41) is 0. The first kappa shape index (κ1) is 15.6. The summed E-state index contributed by atoms with van der Waals surface area (Å²) in [5.74, 6) is 0. The Labute approximate surface area is 85.1 Å². The number of rotatable bonds is 1. The fraction of sp³-hybridized carbons (Fsp3) is 0.750. The minimum atomic E-state index is 0. The molecule has 0 aliphatic heterocycles. The molecule has 2 heteroatoms. The van der Waals surface area contributed by atoms with Crippen molar-refractivity contribution in [3.63, 3.8) is 0 Å². The van der Waals surface area contributed by atoms with Crippen LogP contribution < -0.4 is 51.4 Å². The molecular weight excluding hydrogens is 98.0 g/mol. The molecule has 3 radical (unpaired) electrons. The third-order valence-corrected chi connectivity index (χ3v) is 0.408. The molecule has 0 atom stereocenters. The van der Waals surface area contributed by atoms with Crippen LogP contribution in [0.25, 0.3) is 0 Å². The van der Waals surface area contributed by atoms with Crippen LogP contribution in [0.4, 0.5) is 0 Å². The molecule has 0 aliphatic carbocycles.